The van der Waals surface area contributed by atoms with Crippen LogP contribution >= 0.6 is 0 Å². The Bertz CT molecular complexity index is 559. The third kappa shape index (κ3) is 3.85. The zero-order chi connectivity index (χ0) is 15.4. The van der Waals surface area contributed by atoms with Crippen LogP contribution in [0.2, 0.25) is 0 Å². The average Bonchev–Trinajstić information content (AvgIpc) is 2.45. The van der Waals surface area contributed by atoms with Gasteiger partial charge in [0.2, 0.25) is 5.43 Å². The van der Waals surface area contributed by atoms with Gasteiger partial charge in [-0.25, -0.2) is 0 Å². The van der Waals surface area contributed by atoms with Crippen LogP contribution in [0.3, 0.4) is 0 Å². The lowest BCUT2D eigenvalue weighted by Crippen LogP contribution is -2.36. The summed E-state index contributed by atoms with van der Waals surface area (Å²) in [5.41, 5.74) is 0.506. The summed E-state index contributed by atoms with van der Waals surface area (Å²) in [6, 6.07) is 1.48. The molecule has 0 bridgehead atoms. The van der Waals surface area contributed by atoms with E-state index in [0.717, 1.165) is 31.7 Å². The first-order valence-electron chi connectivity index (χ1n) is 7.38. The van der Waals surface area contributed by atoms with Crippen molar-refractivity contribution in [3.63, 3.8) is 0 Å². The topological polar surface area (TPSA) is 82.8 Å². The van der Waals surface area contributed by atoms with Gasteiger partial charge in [0.1, 0.15) is 0 Å². The number of nitrogens with zero attached hydrogens (tertiary/aromatic N) is 2. The molecule has 6 heteroatoms. The molecule has 0 aliphatic carbocycles. The molecule has 2 heterocycles. The Balaban J connectivity index is 2.07. The second-order valence-electron chi connectivity index (χ2n) is 5.60. The number of piperidine rings is 1. The van der Waals surface area contributed by atoms with Crippen LogP contribution in [-0.2, 0) is 17.9 Å². The van der Waals surface area contributed by atoms with Gasteiger partial charge < -0.3 is 14.8 Å². The normalized spacial score (nSPS) is 17.0. The van der Waals surface area contributed by atoms with Gasteiger partial charge in [-0.3, -0.25) is 14.5 Å². The van der Waals surface area contributed by atoms with Gasteiger partial charge in [0.15, 0.2) is 5.75 Å². The molecule has 2 N–H and O–H groups in total. The molecule has 0 unspecified atom stereocenters. The zero-order valence-corrected chi connectivity index (χ0v) is 12.3. The predicted octanol–water partition coefficient (Wildman–Crippen LogP) is 1.26. The highest BCUT2D eigenvalue weighted by molar-refractivity contribution is 5.70. The van der Waals surface area contributed by atoms with Crippen molar-refractivity contribution in [1.82, 2.24) is 9.47 Å². The number of hydrogen-bond donors (Lipinski definition) is 2. The second-order valence-corrected chi connectivity index (χ2v) is 5.60. The Morgan fingerprint density at radius 3 is 2.62 bits per heavy atom. The lowest BCUT2D eigenvalue weighted by molar-refractivity contribution is -0.143. The first kappa shape index (κ1) is 15.6. The molecule has 0 saturated carbocycles. The fourth-order valence-corrected chi connectivity index (χ4v) is 2.75. The summed E-state index contributed by atoms with van der Waals surface area (Å²) in [5.74, 6) is -1.20. The number of likely N-dealkylation sites (tertiary alicyclic amines) is 1. The Morgan fingerprint density at radius 1 is 1.38 bits per heavy atom. The van der Waals surface area contributed by atoms with Gasteiger partial charge in [0, 0.05) is 24.8 Å². The van der Waals surface area contributed by atoms with Crippen LogP contribution in [-0.4, -0.2) is 38.7 Å². The first-order valence-corrected chi connectivity index (χ1v) is 7.38. The van der Waals surface area contributed by atoms with Crippen molar-refractivity contribution in [3.8, 4) is 5.75 Å². The molecule has 1 aliphatic heterocycles. The Hall–Kier alpha value is -1.82. The fraction of sp³-hybridized carbons (Fsp3) is 0.600. The van der Waals surface area contributed by atoms with E-state index in [1.807, 2.05) is 11.5 Å². The maximum Gasteiger partial charge on any atom is 0.306 e. The van der Waals surface area contributed by atoms with Gasteiger partial charge in [-0.05, 0) is 32.4 Å². The number of aryl methyl sites for hydroxylation is 1. The molecular weight excluding hydrogens is 272 g/mol. The monoisotopic (exact) mass is 294 g/mol. The molecule has 21 heavy (non-hydrogen) atoms. The third-order valence-electron chi connectivity index (χ3n) is 3.98. The van der Waals surface area contributed by atoms with Crippen molar-refractivity contribution in [1.29, 1.82) is 0 Å². The van der Waals surface area contributed by atoms with Crippen LogP contribution in [0, 0.1) is 5.92 Å². The van der Waals surface area contributed by atoms with Crippen molar-refractivity contribution in [2.24, 2.45) is 5.92 Å². The summed E-state index contributed by atoms with van der Waals surface area (Å²) < 4.78 is 1.90. The van der Waals surface area contributed by atoms with E-state index < -0.39 is 5.97 Å². The lowest BCUT2D eigenvalue weighted by Gasteiger charge is -2.30. The number of hydrogen-bond acceptors (Lipinski definition) is 4. The van der Waals surface area contributed by atoms with Crippen LogP contribution in [0.4, 0.5) is 0 Å². The Labute approximate surface area is 123 Å². The van der Waals surface area contributed by atoms with E-state index in [2.05, 4.69) is 4.90 Å². The van der Waals surface area contributed by atoms with Gasteiger partial charge in [0.05, 0.1) is 12.1 Å². The van der Waals surface area contributed by atoms with E-state index >= 15 is 0 Å². The van der Waals surface area contributed by atoms with Crippen LogP contribution in [0.25, 0.3) is 0 Å². The fourth-order valence-electron chi connectivity index (χ4n) is 2.75. The van der Waals surface area contributed by atoms with E-state index in [1.54, 1.807) is 0 Å². The summed E-state index contributed by atoms with van der Waals surface area (Å²) in [4.78, 5) is 24.7. The van der Waals surface area contributed by atoms with Crippen LogP contribution in [0.5, 0.6) is 5.75 Å². The predicted molar refractivity (Wildman–Crippen MR) is 78.3 cm³/mol. The highest BCUT2D eigenvalue weighted by atomic mass is 16.4. The minimum Gasteiger partial charge on any atom is -0.503 e. The number of rotatable bonds is 5. The minimum absolute atomic E-state index is 0.225. The molecule has 1 aromatic rings. The van der Waals surface area contributed by atoms with E-state index in [4.69, 9.17) is 5.11 Å². The van der Waals surface area contributed by atoms with Crippen LogP contribution < -0.4 is 5.43 Å². The van der Waals surface area contributed by atoms with Crippen molar-refractivity contribution < 1.29 is 15.0 Å². The van der Waals surface area contributed by atoms with Gasteiger partial charge in [-0.1, -0.05) is 6.92 Å². The molecule has 0 atom stereocenters. The molecule has 0 aromatic carbocycles. The molecule has 1 fully saturated rings. The smallest absolute Gasteiger partial charge is 0.306 e. The average molecular weight is 294 g/mol. The zero-order valence-electron chi connectivity index (χ0n) is 12.3. The van der Waals surface area contributed by atoms with E-state index in [9.17, 15) is 14.7 Å². The molecule has 1 aliphatic rings. The summed E-state index contributed by atoms with van der Waals surface area (Å²) >= 11 is 0. The number of aromatic nitrogens is 1. The number of aliphatic carboxylic acids is 1. The van der Waals surface area contributed by atoms with E-state index in [-0.39, 0.29) is 17.1 Å². The highest BCUT2D eigenvalue weighted by Gasteiger charge is 2.24. The molecule has 0 radical (unpaired) electrons. The van der Waals surface area contributed by atoms with Crippen LogP contribution in [0.15, 0.2) is 17.1 Å². The van der Waals surface area contributed by atoms with Crippen molar-refractivity contribution in [2.75, 3.05) is 13.1 Å². The van der Waals surface area contributed by atoms with Gasteiger partial charge in [-0.15, -0.1) is 0 Å². The molecule has 0 spiro atoms. The SMILES string of the molecule is CCCn1cc(O)c(=O)cc1CN1CCC(C(=O)O)CC1. The Kier molecular flexibility index (Phi) is 5.01. The number of aromatic hydroxyl groups is 1. The van der Waals surface area contributed by atoms with Gasteiger partial charge in [-0.2, -0.15) is 0 Å². The van der Waals surface area contributed by atoms with E-state index in [1.165, 1.54) is 12.3 Å². The lowest BCUT2D eigenvalue weighted by atomic mass is 9.97. The maximum absolute atomic E-state index is 11.6. The summed E-state index contributed by atoms with van der Waals surface area (Å²) in [5, 5.41) is 18.5. The van der Waals surface area contributed by atoms with Gasteiger partial charge >= 0.3 is 5.97 Å². The first-order chi connectivity index (χ1) is 10.0. The number of carboxylic acids is 1. The van der Waals surface area contributed by atoms with E-state index in [0.29, 0.717) is 19.4 Å². The minimum atomic E-state index is -0.720. The molecule has 1 aromatic heterocycles. The summed E-state index contributed by atoms with van der Waals surface area (Å²) in [6.45, 7) is 4.84. The number of carbonyl (C=O) groups is 1. The highest BCUT2D eigenvalue weighted by Crippen LogP contribution is 2.19. The second kappa shape index (κ2) is 6.76. The van der Waals surface area contributed by atoms with Crippen molar-refractivity contribution in [2.45, 2.75) is 39.3 Å². The molecule has 6 nitrogen and oxygen atoms in total. The molecule has 0 amide bonds. The van der Waals surface area contributed by atoms with Crippen molar-refractivity contribution in [3.05, 3.63) is 28.2 Å². The van der Waals surface area contributed by atoms with Crippen LogP contribution in [0.1, 0.15) is 31.9 Å². The number of pyridine rings is 1. The summed E-state index contributed by atoms with van der Waals surface area (Å²) in [6.07, 6.45) is 3.69. The quantitative estimate of drug-likeness (QED) is 0.854. The van der Waals surface area contributed by atoms with Gasteiger partial charge in [0.25, 0.3) is 0 Å². The Morgan fingerprint density at radius 2 is 2.05 bits per heavy atom. The molecule has 1 saturated heterocycles. The molecular formula is C15H22N2O4. The number of carboxylic acid groups (broad SMARTS) is 1. The summed E-state index contributed by atoms with van der Waals surface area (Å²) in [7, 11) is 0. The largest absolute Gasteiger partial charge is 0.503 e. The standard InChI is InChI=1S/C15H22N2O4/c1-2-5-17-10-14(19)13(18)8-12(17)9-16-6-3-11(4-7-16)15(20)21/h8,10-11,19H,2-7,9H2,1H3,(H,20,21). The third-order valence-corrected chi connectivity index (χ3v) is 3.98. The molecule has 116 valence electrons. The van der Waals surface area contributed by atoms with Crippen molar-refractivity contribution >= 4 is 5.97 Å². The maximum atomic E-state index is 11.6. The molecule has 2 rings (SSSR count).